The topological polar surface area (TPSA) is 49.2 Å². The SMILES string of the molecule is O=C(c1ccc(Br)o1)N1CC=C(c2c[nH]c3c(Cl)cccc23)CC1. The van der Waals surface area contributed by atoms with Gasteiger partial charge in [0.05, 0.1) is 10.5 Å². The van der Waals surface area contributed by atoms with E-state index in [1.807, 2.05) is 18.3 Å². The first-order valence-electron chi connectivity index (χ1n) is 7.63. The second-order valence-corrected chi connectivity index (χ2v) is 6.89. The zero-order valence-electron chi connectivity index (χ0n) is 12.7. The molecule has 1 N–H and O–H groups in total. The molecule has 4 nitrogen and oxygen atoms in total. The number of H-pyrrole nitrogens is 1. The van der Waals surface area contributed by atoms with Gasteiger partial charge in [0, 0.05) is 30.2 Å². The van der Waals surface area contributed by atoms with E-state index in [2.05, 4.69) is 33.1 Å². The molecule has 0 aliphatic carbocycles. The van der Waals surface area contributed by atoms with Crippen molar-refractivity contribution < 1.29 is 9.21 Å². The molecule has 4 rings (SSSR count). The van der Waals surface area contributed by atoms with Gasteiger partial charge in [-0.3, -0.25) is 4.79 Å². The van der Waals surface area contributed by atoms with Crippen LogP contribution in [0.15, 0.2) is 51.7 Å². The molecule has 24 heavy (non-hydrogen) atoms. The van der Waals surface area contributed by atoms with E-state index >= 15 is 0 Å². The van der Waals surface area contributed by atoms with Gasteiger partial charge in [-0.15, -0.1) is 0 Å². The average Bonchev–Trinajstić information content (AvgIpc) is 3.22. The Morgan fingerprint density at radius 3 is 2.88 bits per heavy atom. The van der Waals surface area contributed by atoms with Crippen LogP contribution in [0.4, 0.5) is 0 Å². The van der Waals surface area contributed by atoms with Crippen molar-refractivity contribution in [3.05, 3.63) is 63.6 Å². The van der Waals surface area contributed by atoms with E-state index in [4.69, 9.17) is 16.0 Å². The summed E-state index contributed by atoms with van der Waals surface area (Å²) in [5.74, 6) is 0.274. The standard InChI is InChI=1S/C18H14BrClN2O2/c19-16-5-4-15(24-16)18(23)22-8-6-11(7-9-22)13-10-21-17-12(13)2-1-3-14(17)20/h1-6,10,21H,7-9H2. The van der Waals surface area contributed by atoms with Crippen LogP contribution in [0.3, 0.4) is 0 Å². The Balaban J connectivity index is 1.58. The number of halogens is 2. The first kappa shape index (κ1) is 15.5. The fourth-order valence-corrected chi connectivity index (χ4v) is 3.60. The second kappa shape index (κ2) is 6.15. The van der Waals surface area contributed by atoms with Crippen LogP contribution in [0.2, 0.25) is 5.02 Å². The van der Waals surface area contributed by atoms with Crippen molar-refractivity contribution in [2.75, 3.05) is 13.1 Å². The summed E-state index contributed by atoms with van der Waals surface area (Å²) >= 11 is 9.45. The van der Waals surface area contributed by atoms with Crippen LogP contribution in [0.5, 0.6) is 0 Å². The summed E-state index contributed by atoms with van der Waals surface area (Å²) in [7, 11) is 0. The van der Waals surface area contributed by atoms with Gasteiger partial charge < -0.3 is 14.3 Å². The molecule has 0 fully saturated rings. The molecule has 0 saturated carbocycles. The highest BCUT2D eigenvalue weighted by molar-refractivity contribution is 9.10. The number of carbonyl (C=O) groups is 1. The maximum Gasteiger partial charge on any atom is 0.289 e. The summed E-state index contributed by atoms with van der Waals surface area (Å²) < 4.78 is 5.92. The van der Waals surface area contributed by atoms with Crippen LogP contribution < -0.4 is 0 Å². The van der Waals surface area contributed by atoms with Gasteiger partial charge in [0.15, 0.2) is 10.4 Å². The number of hydrogen-bond donors (Lipinski definition) is 1. The van der Waals surface area contributed by atoms with Crippen molar-refractivity contribution in [2.24, 2.45) is 0 Å². The number of furan rings is 1. The number of fused-ring (bicyclic) bond motifs is 1. The molecular weight excluding hydrogens is 392 g/mol. The quantitative estimate of drug-likeness (QED) is 0.644. The van der Waals surface area contributed by atoms with Crippen molar-refractivity contribution in [3.8, 4) is 0 Å². The predicted molar refractivity (Wildman–Crippen MR) is 98.2 cm³/mol. The highest BCUT2D eigenvalue weighted by Crippen LogP contribution is 2.32. The second-order valence-electron chi connectivity index (χ2n) is 5.70. The lowest BCUT2D eigenvalue weighted by Crippen LogP contribution is -2.34. The smallest absolute Gasteiger partial charge is 0.289 e. The number of rotatable bonds is 2. The lowest BCUT2D eigenvalue weighted by molar-refractivity contribution is 0.0739. The monoisotopic (exact) mass is 404 g/mol. The Kier molecular flexibility index (Phi) is 3.98. The summed E-state index contributed by atoms with van der Waals surface area (Å²) in [5.41, 5.74) is 3.34. The summed E-state index contributed by atoms with van der Waals surface area (Å²) in [6.45, 7) is 1.23. The van der Waals surface area contributed by atoms with Gasteiger partial charge in [0.25, 0.3) is 5.91 Å². The minimum Gasteiger partial charge on any atom is -0.444 e. The van der Waals surface area contributed by atoms with E-state index in [1.54, 1.807) is 17.0 Å². The number of hydrogen-bond acceptors (Lipinski definition) is 2. The first-order chi connectivity index (χ1) is 11.6. The van der Waals surface area contributed by atoms with Crippen LogP contribution in [0, 0.1) is 0 Å². The van der Waals surface area contributed by atoms with Crippen molar-refractivity contribution in [1.29, 1.82) is 0 Å². The molecule has 3 aromatic rings. The number of aromatic nitrogens is 1. The number of amides is 1. The molecule has 0 radical (unpaired) electrons. The number of para-hydroxylation sites is 1. The van der Waals surface area contributed by atoms with E-state index in [-0.39, 0.29) is 5.91 Å². The van der Waals surface area contributed by atoms with Gasteiger partial charge in [-0.2, -0.15) is 0 Å². The van der Waals surface area contributed by atoms with Gasteiger partial charge in [-0.05, 0) is 46.1 Å². The Morgan fingerprint density at radius 1 is 1.29 bits per heavy atom. The van der Waals surface area contributed by atoms with Gasteiger partial charge in [0.1, 0.15) is 0 Å². The number of carbonyl (C=O) groups excluding carboxylic acids is 1. The summed E-state index contributed by atoms with van der Waals surface area (Å²) in [6.07, 6.45) is 4.89. The largest absolute Gasteiger partial charge is 0.444 e. The number of nitrogens with zero attached hydrogens (tertiary/aromatic N) is 1. The zero-order chi connectivity index (χ0) is 16.7. The van der Waals surface area contributed by atoms with E-state index in [1.165, 1.54) is 5.57 Å². The number of benzene rings is 1. The highest BCUT2D eigenvalue weighted by Gasteiger charge is 2.22. The molecule has 3 heterocycles. The summed E-state index contributed by atoms with van der Waals surface area (Å²) in [5, 5.41) is 1.83. The fourth-order valence-electron chi connectivity index (χ4n) is 3.07. The van der Waals surface area contributed by atoms with Crippen LogP contribution >= 0.6 is 27.5 Å². The minimum absolute atomic E-state index is 0.0852. The third-order valence-electron chi connectivity index (χ3n) is 4.29. The van der Waals surface area contributed by atoms with Gasteiger partial charge in [0.2, 0.25) is 0 Å². The average molecular weight is 406 g/mol. The van der Waals surface area contributed by atoms with E-state index < -0.39 is 0 Å². The maximum atomic E-state index is 12.4. The molecule has 2 aromatic heterocycles. The molecule has 1 aliphatic heterocycles. The highest BCUT2D eigenvalue weighted by atomic mass is 79.9. The van der Waals surface area contributed by atoms with Gasteiger partial charge in [-0.25, -0.2) is 0 Å². The van der Waals surface area contributed by atoms with Crippen LogP contribution in [0.25, 0.3) is 16.5 Å². The van der Waals surface area contributed by atoms with E-state index in [9.17, 15) is 4.79 Å². The van der Waals surface area contributed by atoms with Gasteiger partial charge in [-0.1, -0.05) is 29.8 Å². The van der Waals surface area contributed by atoms with Crippen LogP contribution in [-0.2, 0) is 0 Å². The van der Waals surface area contributed by atoms with Crippen LogP contribution in [-0.4, -0.2) is 28.9 Å². The maximum absolute atomic E-state index is 12.4. The molecule has 6 heteroatoms. The predicted octanol–water partition coefficient (Wildman–Crippen LogP) is 5.11. The van der Waals surface area contributed by atoms with E-state index in [0.717, 1.165) is 27.9 Å². The third-order valence-corrected chi connectivity index (χ3v) is 5.03. The molecule has 1 amide bonds. The summed E-state index contributed by atoms with van der Waals surface area (Å²) in [4.78, 5) is 17.5. The third kappa shape index (κ3) is 2.68. The molecule has 0 bridgehead atoms. The van der Waals surface area contributed by atoms with Gasteiger partial charge >= 0.3 is 0 Å². The van der Waals surface area contributed by atoms with E-state index in [0.29, 0.717) is 23.5 Å². The molecule has 0 unspecified atom stereocenters. The molecule has 122 valence electrons. The molecule has 1 aromatic carbocycles. The van der Waals surface area contributed by atoms with Crippen molar-refractivity contribution in [2.45, 2.75) is 6.42 Å². The summed E-state index contributed by atoms with van der Waals surface area (Å²) in [6, 6.07) is 9.31. The first-order valence-corrected chi connectivity index (χ1v) is 8.80. The lowest BCUT2D eigenvalue weighted by atomic mass is 9.99. The normalized spacial score (nSPS) is 14.9. The Hall–Kier alpha value is -1.98. The lowest BCUT2D eigenvalue weighted by Gasteiger charge is -2.25. The van der Waals surface area contributed by atoms with Crippen molar-refractivity contribution in [3.63, 3.8) is 0 Å². The molecule has 1 aliphatic rings. The Labute approximate surface area is 152 Å². The van der Waals surface area contributed by atoms with Crippen molar-refractivity contribution >= 4 is 49.9 Å². The van der Waals surface area contributed by atoms with Crippen molar-refractivity contribution in [1.82, 2.24) is 9.88 Å². The Bertz CT molecular complexity index is 957. The van der Waals surface area contributed by atoms with Crippen LogP contribution in [0.1, 0.15) is 22.5 Å². The zero-order valence-corrected chi connectivity index (χ0v) is 15.0. The minimum atomic E-state index is -0.0852. The number of aromatic amines is 1. The fraction of sp³-hybridized carbons (Fsp3) is 0.167. The molecule has 0 spiro atoms. The Morgan fingerprint density at radius 2 is 2.17 bits per heavy atom. The molecule has 0 atom stereocenters. The number of nitrogens with one attached hydrogen (secondary N) is 1. The molecular formula is C18H14BrClN2O2. The molecule has 0 saturated heterocycles.